The second-order valence-electron chi connectivity index (χ2n) is 18.0. The predicted molar refractivity (Wildman–Crippen MR) is 273 cm³/mol. The molecule has 9 aromatic carbocycles. The summed E-state index contributed by atoms with van der Waals surface area (Å²) in [5, 5.41) is 9.20. The van der Waals surface area contributed by atoms with Crippen LogP contribution in [-0.4, -0.2) is 4.40 Å². The van der Waals surface area contributed by atoms with Gasteiger partial charge in [0.1, 0.15) is 11.2 Å². The van der Waals surface area contributed by atoms with E-state index in [4.69, 9.17) is 8.83 Å². The Kier molecular flexibility index (Phi) is 8.23. The molecule has 0 fully saturated rings. The van der Waals surface area contributed by atoms with E-state index in [2.05, 4.69) is 218 Å². The van der Waals surface area contributed by atoms with E-state index in [0.717, 1.165) is 89.0 Å². The van der Waals surface area contributed by atoms with Crippen LogP contribution >= 0.6 is 0 Å². The van der Waals surface area contributed by atoms with E-state index in [-0.39, 0.29) is 0 Å². The summed E-state index contributed by atoms with van der Waals surface area (Å²) in [7, 11) is 0. The Morgan fingerprint density at radius 3 is 1.17 bits per heavy atom. The lowest BCUT2D eigenvalue weighted by atomic mass is 10.0. The Bertz CT molecular complexity index is 3710. The molecule has 13 rings (SSSR count). The van der Waals surface area contributed by atoms with E-state index in [9.17, 15) is 0 Å². The first-order valence-corrected chi connectivity index (χ1v) is 22.7. The number of benzene rings is 9. The monoisotopic (exact) mass is 839 g/mol. The van der Waals surface area contributed by atoms with Gasteiger partial charge < -0.3 is 23.0 Å². The molecule has 0 radical (unpaired) electrons. The van der Waals surface area contributed by atoms with Crippen molar-refractivity contribution in [2.45, 2.75) is 39.5 Å². The topological polar surface area (TPSA) is 37.2 Å². The smallest absolute Gasteiger partial charge is 0.159 e. The van der Waals surface area contributed by atoms with E-state index in [1.165, 1.54) is 38.2 Å². The van der Waals surface area contributed by atoms with Gasteiger partial charge in [-0.1, -0.05) is 143 Å². The zero-order valence-electron chi connectivity index (χ0n) is 36.7. The highest BCUT2D eigenvalue weighted by atomic mass is 16.3. The summed E-state index contributed by atoms with van der Waals surface area (Å²) < 4.78 is 16.0. The van der Waals surface area contributed by atoms with Crippen LogP contribution in [0.1, 0.15) is 50.7 Å². The Morgan fingerprint density at radius 2 is 0.723 bits per heavy atom. The van der Waals surface area contributed by atoms with E-state index < -0.39 is 0 Å². The van der Waals surface area contributed by atoms with Crippen LogP contribution in [0, 0.1) is 0 Å². The van der Waals surface area contributed by atoms with Gasteiger partial charge in [0.2, 0.25) is 0 Å². The van der Waals surface area contributed by atoms with Crippen molar-refractivity contribution in [1.82, 2.24) is 4.40 Å². The average molecular weight is 840 g/mol. The molecule has 0 aliphatic heterocycles. The molecule has 0 aliphatic carbocycles. The van der Waals surface area contributed by atoms with Crippen LogP contribution in [0.2, 0.25) is 0 Å². The van der Waals surface area contributed by atoms with E-state index in [1.807, 2.05) is 12.1 Å². The molecular weight excluding hydrogens is 795 g/mol. The fourth-order valence-corrected chi connectivity index (χ4v) is 10.6. The molecule has 312 valence electrons. The first-order valence-electron chi connectivity index (χ1n) is 22.7. The zero-order chi connectivity index (χ0) is 43.5. The van der Waals surface area contributed by atoms with Gasteiger partial charge in [0.05, 0.1) is 39.3 Å². The third-order valence-electron chi connectivity index (χ3n) is 13.7. The summed E-state index contributed by atoms with van der Waals surface area (Å²) in [5.41, 5.74) is 15.9. The van der Waals surface area contributed by atoms with Gasteiger partial charge in [-0.05, 0) is 95.8 Å². The summed E-state index contributed by atoms with van der Waals surface area (Å²) >= 11 is 0. The minimum atomic E-state index is 0.418. The van der Waals surface area contributed by atoms with Crippen LogP contribution in [0.25, 0.3) is 82.0 Å². The molecule has 0 atom stereocenters. The number of fused-ring (bicyclic) bond motifs is 12. The fourth-order valence-electron chi connectivity index (χ4n) is 10.6. The highest BCUT2D eigenvalue weighted by molar-refractivity contribution is 6.29. The number of rotatable bonds is 8. The Morgan fingerprint density at radius 1 is 0.354 bits per heavy atom. The maximum atomic E-state index is 6.76. The van der Waals surface area contributed by atoms with Crippen molar-refractivity contribution in [2.75, 3.05) is 9.80 Å². The van der Waals surface area contributed by atoms with Crippen molar-refractivity contribution in [3.63, 3.8) is 0 Å². The van der Waals surface area contributed by atoms with Crippen LogP contribution in [-0.2, 0) is 0 Å². The SMILES string of the molecule is CC(C)c1ccc(N(c2cccc3c2oc2ccccc23)c2cccc3c2c2cccc4c5c(N(c6ccc(C(C)C)cc6)c6cccc7c6oc6ccccc67)cccc5n3c24)cc1. The molecule has 0 bridgehead atoms. The molecule has 5 nitrogen and oxygen atoms in total. The lowest BCUT2D eigenvalue weighted by molar-refractivity contribution is 0.669. The fraction of sp³-hybridized carbons (Fsp3) is 0.100. The van der Waals surface area contributed by atoms with Crippen LogP contribution in [0.3, 0.4) is 0 Å². The largest absolute Gasteiger partial charge is 0.454 e. The van der Waals surface area contributed by atoms with Crippen LogP contribution < -0.4 is 9.80 Å². The minimum absolute atomic E-state index is 0.418. The highest BCUT2D eigenvalue weighted by Crippen LogP contribution is 2.51. The molecule has 0 aliphatic rings. The normalized spacial score (nSPS) is 12.3. The molecule has 0 spiro atoms. The maximum Gasteiger partial charge on any atom is 0.159 e. The molecule has 0 unspecified atom stereocenters. The maximum absolute atomic E-state index is 6.76. The van der Waals surface area contributed by atoms with E-state index >= 15 is 0 Å². The van der Waals surface area contributed by atoms with E-state index in [0.29, 0.717) is 11.8 Å². The molecule has 4 heterocycles. The number of furan rings is 2. The predicted octanol–water partition coefficient (Wildman–Crippen LogP) is 17.8. The molecule has 0 saturated heterocycles. The second-order valence-corrected chi connectivity index (χ2v) is 18.0. The summed E-state index contributed by atoms with van der Waals surface area (Å²) in [5.74, 6) is 0.835. The zero-order valence-corrected chi connectivity index (χ0v) is 36.7. The van der Waals surface area contributed by atoms with Gasteiger partial charge in [0, 0.05) is 54.5 Å². The molecule has 0 saturated carbocycles. The van der Waals surface area contributed by atoms with Gasteiger partial charge in [-0.3, -0.25) is 0 Å². The molecule has 0 N–H and O–H groups in total. The van der Waals surface area contributed by atoms with Gasteiger partial charge in [-0.2, -0.15) is 0 Å². The van der Waals surface area contributed by atoms with Crippen molar-refractivity contribution in [2.24, 2.45) is 0 Å². The summed E-state index contributed by atoms with van der Waals surface area (Å²) in [6.45, 7) is 8.99. The Labute approximate surface area is 376 Å². The number of anilines is 6. The first-order chi connectivity index (χ1) is 31.9. The first kappa shape index (κ1) is 37.5. The van der Waals surface area contributed by atoms with Crippen molar-refractivity contribution in [3.8, 4) is 0 Å². The summed E-state index contributed by atoms with van der Waals surface area (Å²) in [6, 6.07) is 68.2. The van der Waals surface area contributed by atoms with Crippen molar-refractivity contribution >= 4 is 116 Å². The molecule has 0 amide bonds. The van der Waals surface area contributed by atoms with E-state index in [1.54, 1.807) is 0 Å². The lowest BCUT2D eigenvalue weighted by Crippen LogP contribution is -2.11. The lowest BCUT2D eigenvalue weighted by Gasteiger charge is -2.27. The Hall–Kier alpha value is -8.02. The van der Waals surface area contributed by atoms with Gasteiger partial charge in [-0.15, -0.1) is 0 Å². The van der Waals surface area contributed by atoms with Crippen molar-refractivity contribution in [3.05, 3.63) is 199 Å². The quantitative estimate of drug-likeness (QED) is 0.153. The number of aromatic nitrogens is 1. The summed E-state index contributed by atoms with van der Waals surface area (Å²) in [4.78, 5) is 4.81. The van der Waals surface area contributed by atoms with Crippen molar-refractivity contribution in [1.29, 1.82) is 0 Å². The number of hydrogen-bond donors (Lipinski definition) is 0. The second kappa shape index (κ2) is 14.2. The number of nitrogens with zero attached hydrogens (tertiary/aromatic N) is 3. The molecule has 5 heteroatoms. The minimum Gasteiger partial charge on any atom is -0.454 e. The molecular formula is C60H45N3O2. The average Bonchev–Trinajstić information content (AvgIpc) is 4.10. The molecule has 4 aromatic heterocycles. The third-order valence-corrected chi connectivity index (χ3v) is 13.7. The summed E-state index contributed by atoms with van der Waals surface area (Å²) in [6.07, 6.45) is 0. The van der Waals surface area contributed by atoms with Crippen LogP contribution in [0.4, 0.5) is 34.1 Å². The van der Waals surface area contributed by atoms with Crippen molar-refractivity contribution < 1.29 is 8.83 Å². The van der Waals surface area contributed by atoms with Gasteiger partial charge in [0.15, 0.2) is 11.2 Å². The highest BCUT2D eigenvalue weighted by Gasteiger charge is 2.28. The Balaban J connectivity index is 1.09. The number of hydrogen-bond acceptors (Lipinski definition) is 4. The standard InChI is InChI=1S/C60H45N3O2/c1-36(2)38-28-32-40(33-29-38)61(52-24-10-16-44-42-14-5-7-26-54(42)64-59(44)52)48-20-12-22-50-56(48)46-18-9-19-47-57-49(21-13-23-51(57)63(50)58(46)47)62(41-34-30-39(31-35-41)37(3)4)53-25-11-17-45-43-15-6-8-27-55(43)65-60(45)53/h5-37H,1-4H3. The third kappa shape index (κ3) is 5.51. The number of para-hydroxylation sites is 5. The molecule has 65 heavy (non-hydrogen) atoms. The van der Waals surface area contributed by atoms with Crippen LogP contribution in [0.5, 0.6) is 0 Å². The molecule has 13 aromatic rings. The van der Waals surface area contributed by atoms with Gasteiger partial charge in [0.25, 0.3) is 0 Å². The van der Waals surface area contributed by atoms with Gasteiger partial charge >= 0.3 is 0 Å². The van der Waals surface area contributed by atoms with Gasteiger partial charge in [-0.25, -0.2) is 0 Å². The van der Waals surface area contributed by atoms with Crippen LogP contribution in [0.15, 0.2) is 197 Å².